The third kappa shape index (κ3) is 12.1. The zero-order valence-electron chi connectivity index (χ0n) is 8.58. The minimum atomic E-state index is 0.424. The zero-order chi connectivity index (χ0) is 10.6. The number of hydrogen-bond acceptors (Lipinski definition) is 0. The van der Waals surface area contributed by atoms with E-state index < -0.39 is 0 Å². The van der Waals surface area contributed by atoms with Gasteiger partial charge in [-0.05, 0) is 31.1 Å². The average molecular weight is 320 g/mol. The lowest BCUT2D eigenvalue weighted by Crippen LogP contribution is -1.83. The molecule has 14 heavy (non-hydrogen) atoms. The fourth-order valence-corrected chi connectivity index (χ4v) is 1.47. The highest BCUT2D eigenvalue weighted by Crippen LogP contribution is 2.15. The maximum atomic E-state index is 3.43. The Bertz CT molecular complexity index is 235. The second-order valence-electron chi connectivity index (χ2n) is 2.99. The van der Waals surface area contributed by atoms with Crippen LogP contribution in [0, 0.1) is 23.7 Å². The summed E-state index contributed by atoms with van der Waals surface area (Å²) in [5, 5.41) is 0. The number of unbranched alkanes of at least 4 members (excludes halogenated alkanes) is 3. The Morgan fingerprint density at radius 2 is 1.57 bits per heavy atom. The Morgan fingerprint density at radius 3 is 2.07 bits per heavy atom. The van der Waals surface area contributed by atoms with Crippen LogP contribution in [0.4, 0.5) is 0 Å². The Hall–Kier alpha value is 0.0800. The summed E-state index contributed by atoms with van der Waals surface area (Å²) in [5.41, 5.74) is 0. The van der Waals surface area contributed by atoms with Gasteiger partial charge < -0.3 is 0 Å². The van der Waals surface area contributed by atoms with Crippen molar-refractivity contribution in [3.63, 3.8) is 0 Å². The summed E-state index contributed by atoms with van der Waals surface area (Å²) in [6, 6.07) is 0. The van der Waals surface area contributed by atoms with Gasteiger partial charge in [-0.3, -0.25) is 0 Å². The molecule has 2 heteroatoms. The molecule has 0 atom stereocenters. The van der Waals surface area contributed by atoms with E-state index in [1.165, 1.54) is 12.8 Å². The van der Waals surface area contributed by atoms with Crippen LogP contribution in [-0.4, -0.2) is 3.74 Å². The molecule has 0 amide bonds. The van der Waals surface area contributed by atoms with Gasteiger partial charge in [0.1, 0.15) is 0 Å². The minimum absolute atomic E-state index is 0.424. The smallest absolute Gasteiger partial charge is 0.0698 e. The van der Waals surface area contributed by atoms with E-state index in [4.69, 9.17) is 0 Å². The van der Waals surface area contributed by atoms with Gasteiger partial charge in [0.25, 0.3) is 0 Å². The second kappa shape index (κ2) is 11.2. The third-order valence-electron chi connectivity index (χ3n) is 1.62. The molecule has 0 aliphatic rings. The molecule has 0 aliphatic carbocycles. The summed E-state index contributed by atoms with van der Waals surface area (Å²) < 4.78 is 0.424. The molecule has 0 saturated carbocycles. The fraction of sp³-hybridized carbons (Fsp3) is 0.667. The first-order valence-corrected chi connectivity index (χ1v) is 6.84. The minimum Gasteiger partial charge on any atom is -0.0891 e. The maximum absolute atomic E-state index is 3.43. The molecule has 0 aromatic heterocycles. The molecule has 0 bridgehead atoms. The molecule has 0 N–H and O–H groups in total. The monoisotopic (exact) mass is 318 g/mol. The van der Waals surface area contributed by atoms with Gasteiger partial charge in [0, 0.05) is 12.8 Å². The van der Waals surface area contributed by atoms with Crippen LogP contribution in [0.2, 0.25) is 0 Å². The Morgan fingerprint density at radius 1 is 1.00 bits per heavy atom. The first-order valence-electron chi connectivity index (χ1n) is 5.01. The van der Waals surface area contributed by atoms with Crippen LogP contribution in [0.25, 0.3) is 0 Å². The Labute approximate surface area is 104 Å². The van der Waals surface area contributed by atoms with E-state index >= 15 is 0 Å². The molecule has 0 nitrogen and oxygen atoms in total. The average Bonchev–Trinajstić information content (AvgIpc) is 2.15. The predicted molar refractivity (Wildman–Crippen MR) is 70.6 cm³/mol. The highest BCUT2D eigenvalue weighted by Gasteiger charge is 1.94. The van der Waals surface area contributed by atoms with E-state index in [2.05, 4.69) is 62.5 Å². The van der Waals surface area contributed by atoms with Gasteiger partial charge in [0.2, 0.25) is 0 Å². The molecule has 78 valence electrons. The third-order valence-corrected chi connectivity index (χ3v) is 2.53. The molecule has 0 aromatic carbocycles. The lowest BCUT2D eigenvalue weighted by Gasteiger charge is -1.95. The van der Waals surface area contributed by atoms with E-state index in [0.29, 0.717) is 3.74 Å². The van der Waals surface area contributed by atoms with E-state index in [1.54, 1.807) is 0 Å². The molecule has 0 saturated heterocycles. The standard InChI is InChI=1S/C12H16Br2/c1-2-3-4-5-6-7-8-9-10-11-12(13)14/h12H,2-4,9-11H2,1H3. The van der Waals surface area contributed by atoms with Gasteiger partial charge in [0.15, 0.2) is 0 Å². The Balaban J connectivity index is 3.37. The zero-order valence-corrected chi connectivity index (χ0v) is 11.7. The largest absolute Gasteiger partial charge is 0.0891 e. The van der Waals surface area contributed by atoms with E-state index in [1.807, 2.05) is 0 Å². The normalized spacial score (nSPS) is 8.86. The van der Waals surface area contributed by atoms with Gasteiger partial charge >= 0.3 is 0 Å². The number of halogens is 2. The van der Waals surface area contributed by atoms with Gasteiger partial charge in [0.05, 0.1) is 3.74 Å². The van der Waals surface area contributed by atoms with Crippen molar-refractivity contribution in [1.82, 2.24) is 0 Å². The first kappa shape index (κ1) is 14.1. The van der Waals surface area contributed by atoms with E-state index in [0.717, 1.165) is 25.7 Å². The summed E-state index contributed by atoms with van der Waals surface area (Å²) >= 11 is 6.85. The molecule has 0 aromatic rings. The molecule has 0 radical (unpaired) electrons. The number of rotatable bonds is 5. The van der Waals surface area contributed by atoms with Crippen molar-refractivity contribution < 1.29 is 0 Å². The van der Waals surface area contributed by atoms with E-state index in [-0.39, 0.29) is 0 Å². The van der Waals surface area contributed by atoms with Crippen LogP contribution in [-0.2, 0) is 0 Å². The van der Waals surface area contributed by atoms with Crippen LogP contribution in [0.5, 0.6) is 0 Å². The Kier molecular flexibility index (Phi) is 11.2. The maximum Gasteiger partial charge on any atom is 0.0698 e. The first-order chi connectivity index (χ1) is 6.77. The molecule has 0 spiro atoms. The SMILES string of the molecule is CCCCC#CC#CCCCC(Br)Br. The molecular weight excluding hydrogens is 304 g/mol. The quantitative estimate of drug-likeness (QED) is 0.398. The van der Waals surface area contributed by atoms with Gasteiger partial charge in [-0.25, -0.2) is 0 Å². The molecule has 0 heterocycles. The number of hydrogen-bond donors (Lipinski definition) is 0. The number of alkyl halides is 2. The van der Waals surface area contributed by atoms with Crippen molar-refractivity contribution in [3.8, 4) is 23.7 Å². The second-order valence-corrected chi connectivity index (χ2v) is 6.43. The fourth-order valence-electron chi connectivity index (χ4n) is 0.823. The van der Waals surface area contributed by atoms with Crippen LogP contribution in [0.1, 0.15) is 45.4 Å². The van der Waals surface area contributed by atoms with Gasteiger partial charge in [-0.15, -0.1) is 0 Å². The topological polar surface area (TPSA) is 0 Å². The van der Waals surface area contributed by atoms with Crippen molar-refractivity contribution in [2.75, 3.05) is 0 Å². The summed E-state index contributed by atoms with van der Waals surface area (Å²) in [5.74, 6) is 11.8. The van der Waals surface area contributed by atoms with Crippen molar-refractivity contribution in [2.45, 2.75) is 49.2 Å². The van der Waals surface area contributed by atoms with Crippen molar-refractivity contribution in [1.29, 1.82) is 0 Å². The van der Waals surface area contributed by atoms with Crippen molar-refractivity contribution in [3.05, 3.63) is 0 Å². The van der Waals surface area contributed by atoms with Gasteiger partial charge in [-0.2, -0.15) is 0 Å². The van der Waals surface area contributed by atoms with Crippen LogP contribution in [0.3, 0.4) is 0 Å². The van der Waals surface area contributed by atoms with Crippen LogP contribution in [0.15, 0.2) is 0 Å². The summed E-state index contributed by atoms with van der Waals surface area (Å²) in [4.78, 5) is 0. The summed E-state index contributed by atoms with van der Waals surface area (Å²) in [6.45, 7) is 2.17. The molecule has 0 rings (SSSR count). The predicted octanol–water partition coefficient (Wildman–Crippen LogP) is 4.47. The lowest BCUT2D eigenvalue weighted by atomic mass is 10.2. The molecule has 0 aliphatic heterocycles. The highest BCUT2D eigenvalue weighted by molar-refractivity contribution is 9.24. The van der Waals surface area contributed by atoms with Crippen molar-refractivity contribution >= 4 is 31.9 Å². The molecule has 0 unspecified atom stereocenters. The summed E-state index contributed by atoms with van der Waals surface area (Å²) in [7, 11) is 0. The highest BCUT2D eigenvalue weighted by atomic mass is 79.9. The van der Waals surface area contributed by atoms with Gasteiger partial charge in [-0.1, -0.05) is 57.0 Å². The molecular formula is C12H16Br2. The van der Waals surface area contributed by atoms with E-state index in [9.17, 15) is 0 Å². The summed E-state index contributed by atoms with van der Waals surface area (Å²) in [6.07, 6.45) is 6.54. The molecule has 0 fully saturated rings. The van der Waals surface area contributed by atoms with Crippen LogP contribution < -0.4 is 0 Å². The lowest BCUT2D eigenvalue weighted by molar-refractivity contribution is 0.826. The van der Waals surface area contributed by atoms with Crippen molar-refractivity contribution in [2.24, 2.45) is 0 Å². The van der Waals surface area contributed by atoms with Crippen LogP contribution >= 0.6 is 31.9 Å².